The number of aromatic nitrogens is 2. The molecule has 5 nitrogen and oxygen atoms in total. The molecule has 1 heterocycles. The van der Waals surface area contributed by atoms with Crippen molar-refractivity contribution in [3.05, 3.63) is 40.6 Å². The van der Waals surface area contributed by atoms with Gasteiger partial charge in [0.1, 0.15) is 0 Å². The average Bonchev–Trinajstić information content (AvgIpc) is 3.32. The average molecular weight is 323 g/mol. The van der Waals surface area contributed by atoms with Crippen LogP contribution in [0.2, 0.25) is 0 Å². The van der Waals surface area contributed by atoms with Crippen LogP contribution in [0.5, 0.6) is 0 Å². The minimum absolute atomic E-state index is 0.0600. The molecular weight excluding hydrogens is 302 g/mol. The van der Waals surface area contributed by atoms with Gasteiger partial charge in [-0.2, -0.15) is 10.4 Å². The number of nitriles is 1. The van der Waals surface area contributed by atoms with Crippen LogP contribution < -0.4 is 0 Å². The monoisotopic (exact) mass is 323 g/mol. The van der Waals surface area contributed by atoms with Gasteiger partial charge in [-0.3, -0.25) is 4.68 Å². The molecule has 0 spiro atoms. The number of ether oxygens (including phenoxy) is 1. The predicted octanol–water partition coefficient (Wildman–Crippen LogP) is 3.98. The highest BCUT2D eigenvalue weighted by Crippen LogP contribution is 2.46. The van der Waals surface area contributed by atoms with Gasteiger partial charge in [-0.25, -0.2) is 4.79 Å². The third kappa shape index (κ3) is 2.69. The van der Waals surface area contributed by atoms with Crippen LogP contribution >= 0.6 is 0 Å². The number of carbonyl (C=O) groups is 1. The van der Waals surface area contributed by atoms with E-state index < -0.39 is 0 Å². The van der Waals surface area contributed by atoms with E-state index in [0.29, 0.717) is 17.2 Å². The number of nitrogens with zero attached hydrogens (tertiary/aromatic N) is 3. The van der Waals surface area contributed by atoms with Gasteiger partial charge in [-0.1, -0.05) is 6.07 Å². The highest BCUT2D eigenvalue weighted by Gasteiger charge is 2.36. The molecule has 0 unspecified atom stereocenters. The molecule has 1 aromatic heterocycles. The van der Waals surface area contributed by atoms with Crippen molar-refractivity contribution in [2.24, 2.45) is 0 Å². The zero-order chi connectivity index (χ0) is 17.4. The summed E-state index contributed by atoms with van der Waals surface area (Å²) in [7, 11) is 1.40. The number of rotatable bonds is 4. The predicted molar refractivity (Wildman–Crippen MR) is 90.8 cm³/mol. The molecule has 3 rings (SSSR count). The Balaban J connectivity index is 2.23. The highest BCUT2D eigenvalue weighted by molar-refractivity contribution is 5.92. The molecular formula is C19H21N3O2. The number of benzene rings is 1. The number of hydrogen-bond donors (Lipinski definition) is 0. The Bertz CT molecular complexity index is 839. The van der Waals surface area contributed by atoms with E-state index >= 15 is 0 Å². The summed E-state index contributed by atoms with van der Waals surface area (Å²) in [5, 5.41) is 13.9. The first-order valence-corrected chi connectivity index (χ1v) is 8.19. The van der Waals surface area contributed by atoms with Crippen LogP contribution in [-0.4, -0.2) is 22.9 Å². The lowest BCUT2D eigenvalue weighted by molar-refractivity contribution is 0.0583. The zero-order valence-corrected chi connectivity index (χ0v) is 14.5. The van der Waals surface area contributed by atoms with Crippen molar-refractivity contribution in [2.45, 2.75) is 45.6 Å². The van der Waals surface area contributed by atoms with Gasteiger partial charge >= 0.3 is 5.97 Å². The Morgan fingerprint density at radius 2 is 2.12 bits per heavy atom. The molecule has 2 aromatic rings. The first-order valence-electron chi connectivity index (χ1n) is 8.19. The van der Waals surface area contributed by atoms with E-state index in [4.69, 9.17) is 15.1 Å². The number of methoxy groups -OCH3 is 1. The molecule has 1 saturated carbocycles. The van der Waals surface area contributed by atoms with Gasteiger partial charge in [0.15, 0.2) is 5.69 Å². The first kappa shape index (κ1) is 16.3. The van der Waals surface area contributed by atoms with Gasteiger partial charge < -0.3 is 4.74 Å². The molecule has 0 atom stereocenters. The maximum atomic E-state index is 12.4. The minimum atomic E-state index is -0.338. The number of carbonyl (C=O) groups excluding carboxylic acids is 1. The molecule has 124 valence electrons. The molecule has 0 N–H and O–H groups in total. The normalized spacial score (nSPS) is 13.8. The lowest BCUT2D eigenvalue weighted by Gasteiger charge is -2.10. The fraction of sp³-hybridized carbons (Fsp3) is 0.421. The van der Waals surface area contributed by atoms with Crippen LogP contribution in [0, 0.1) is 18.3 Å². The Hall–Kier alpha value is -2.61. The lowest BCUT2D eigenvalue weighted by Crippen LogP contribution is -2.15. The fourth-order valence-electron chi connectivity index (χ4n) is 3.03. The Labute approximate surface area is 141 Å². The zero-order valence-electron chi connectivity index (χ0n) is 14.5. The maximum Gasteiger partial charge on any atom is 0.356 e. The second kappa shape index (κ2) is 6.12. The molecule has 0 aliphatic heterocycles. The van der Waals surface area contributed by atoms with Crippen molar-refractivity contribution in [3.8, 4) is 17.3 Å². The largest absolute Gasteiger partial charge is 0.464 e. The third-order valence-corrected chi connectivity index (χ3v) is 4.42. The van der Waals surface area contributed by atoms with Crippen LogP contribution in [0.1, 0.15) is 65.8 Å². The molecule has 0 radical (unpaired) electrons. The van der Waals surface area contributed by atoms with Crippen molar-refractivity contribution < 1.29 is 9.53 Å². The molecule has 1 aromatic carbocycles. The van der Waals surface area contributed by atoms with Gasteiger partial charge in [0.05, 0.1) is 24.4 Å². The van der Waals surface area contributed by atoms with Crippen molar-refractivity contribution in [1.82, 2.24) is 9.78 Å². The van der Waals surface area contributed by atoms with E-state index in [1.807, 2.05) is 39.0 Å². The summed E-state index contributed by atoms with van der Waals surface area (Å²) in [4.78, 5) is 12.4. The van der Waals surface area contributed by atoms with Gasteiger partial charge in [0.25, 0.3) is 0 Å². The van der Waals surface area contributed by atoms with Crippen LogP contribution in [0.3, 0.4) is 0 Å². The SMILES string of the molecule is COC(=O)c1c(C2CC2)c(-c2ccc(C#N)c(C)c2)nn1C(C)C. The summed E-state index contributed by atoms with van der Waals surface area (Å²) in [6.45, 7) is 5.92. The van der Waals surface area contributed by atoms with E-state index in [1.165, 1.54) is 7.11 Å². The molecule has 1 aliphatic carbocycles. The fourth-order valence-corrected chi connectivity index (χ4v) is 3.03. The molecule has 24 heavy (non-hydrogen) atoms. The van der Waals surface area contributed by atoms with Crippen molar-refractivity contribution in [3.63, 3.8) is 0 Å². The molecule has 0 bridgehead atoms. The van der Waals surface area contributed by atoms with Crippen LogP contribution in [-0.2, 0) is 4.74 Å². The molecule has 1 aliphatic rings. The standard InChI is InChI=1S/C19H21N3O2/c1-11(2)22-18(19(23)24-4)16(13-5-6-13)17(21-22)14-7-8-15(10-20)12(3)9-14/h7-9,11,13H,5-6H2,1-4H3. The molecule has 1 fully saturated rings. The van der Waals surface area contributed by atoms with Crippen LogP contribution in [0.4, 0.5) is 0 Å². The van der Waals surface area contributed by atoms with E-state index in [-0.39, 0.29) is 12.0 Å². The minimum Gasteiger partial charge on any atom is -0.464 e. The third-order valence-electron chi connectivity index (χ3n) is 4.42. The highest BCUT2D eigenvalue weighted by atomic mass is 16.5. The summed E-state index contributed by atoms with van der Waals surface area (Å²) >= 11 is 0. The summed E-state index contributed by atoms with van der Waals surface area (Å²) in [5.74, 6) is 0.0206. The first-order chi connectivity index (χ1) is 11.5. The van der Waals surface area contributed by atoms with Crippen molar-refractivity contribution in [2.75, 3.05) is 7.11 Å². The maximum absolute atomic E-state index is 12.4. The summed E-state index contributed by atoms with van der Waals surface area (Å²) in [6, 6.07) is 7.94. The van der Waals surface area contributed by atoms with E-state index in [2.05, 4.69) is 6.07 Å². The molecule has 5 heteroatoms. The summed E-state index contributed by atoms with van der Waals surface area (Å²) in [6.07, 6.45) is 2.13. The quantitative estimate of drug-likeness (QED) is 0.798. The molecule has 0 saturated heterocycles. The second-order valence-electron chi connectivity index (χ2n) is 6.56. The Morgan fingerprint density at radius 3 is 2.62 bits per heavy atom. The van der Waals surface area contributed by atoms with Crippen LogP contribution in [0.15, 0.2) is 18.2 Å². The topological polar surface area (TPSA) is 67.9 Å². The second-order valence-corrected chi connectivity index (χ2v) is 6.56. The van der Waals surface area contributed by atoms with Gasteiger partial charge in [0.2, 0.25) is 0 Å². The van der Waals surface area contributed by atoms with Crippen LogP contribution in [0.25, 0.3) is 11.3 Å². The van der Waals surface area contributed by atoms with Crippen molar-refractivity contribution in [1.29, 1.82) is 5.26 Å². The number of hydrogen-bond acceptors (Lipinski definition) is 4. The Kier molecular flexibility index (Phi) is 4.15. The van der Waals surface area contributed by atoms with Gasteiger partial charge in [-0.15, -0.1) is 0 Å². The Morgan fingerprint density at radius 1 is 1.42 bits per heavy atom. The van der Waals surface area contributed by atoms with Gasteiger partial charge in [0, 0.05) is 17.2 Å². The van der Waals surface area contributed by atoms with Crippen molar-refractivity contribution >= 4 is 5.97 Å². The number of esters is 1. The molecule has 0 amide bonds. The summed E-state index contributed by atoms with van der Waals surface area (Å²) in [5.41, 5.74) is 4.89. The lowest BCUT2D eigenvalue weighted by atomic mass is 9.98. The van der Waals surface area contributed by atoms with Gasteiger partial charge in [-0.05, 0) is 57.2 Å². The van der Waals surface area contributed by atoms with E-state index in [1.54, 1.807) is 4.68 Å². The smallest absolute Gasteiger partial charge is 0.356 e. The summed E-state index contributed by atoms with van der Waals surface area (Å²) < 4.78 is 6.78. The number of aryl methyl sites for hydroxylation is 1. The van der Waals surface area contributed by atoms with E-state index in [0.717, 1.165) is 35.2 Å². The van der Waals surface area contributed by atoms with E-state index in [9.17, 15) is 4.79 Å².